The van der Waals surface area contributed by atoms with E-state index in [9.17, 15) is 31.5 Å². The Bertz CT molecular complexity index is 1220. The van der Waals surface area contributed by atoms with Crippen molar-refractivity contribution in [3.63, 3.8) is 0 Å². The standard InChI is InChI=1S/C17H12ClF5N8O2/c1-31-29-14(26-30-31)13-9(3-8(18)4-11(13)20)7-2-10(19)12(24-5-7)6-25-16(33)28-27-15(32)17(21,22)23/h2-5H,6H2,1H3,(H,27,32)(H2,25,28,33). The zero-order valence-electron chi connectivity index (χ0n) is 16.3. The Morgan fingerprint density at radius 2 is 1.85 bits per heavy atom. The molecule has 2 heterocycles. The van der Waals surface area contributed by atoms with Gasteiger partial charge in [0.1, 0.15) is 11.6 Å². The van der Waals surface area contributed by atoms with Crippen molar-refractivity contribution in [3.05, 3.63) is 46.7 Å². The first-order valence-electron chi connectivity index (χ1n) is 8.75. The average Bonchev–Trinajstić information content (AvgIpc) is 3.15. The summed E-state index contributed by atoms with van der Waals surface area (Å²) in [5, 5.41) is 13.3. The molecule has 0 spiro atoms. The van der Waals surface area contributed by atoms with Crippen LogP contribution in [0.15, 0.2) is 24.4 Å². The molecule has 0 unspecified atom stereocenters. The molecule has 3 amide bonds. The summed E-state index contributed by atoms with van der Waals surface area (Å²) in [6, 6.07) is 2.11. The number of hydrazine groups is 1. The van der Waals surface area contributed by atoms with E-state index in [0.717, 1.165) is 28.6 Å². The molecule has 16 heteroatoms. The van der Waals surface area contributed by atoms with E-state index in [1.54, 1.807) is 0 Å². The van der Waals surface area contributed by atoms with Gasteiger partial charge in [-0.1, -0.05) is 11.6 Å². The highest BCUT2D eigenvalue weighted by Crippen LogP contribution is 2.35. The van der Waals surface area contributed by atoms with Gasteiger partial charge >= 0.3 is 18.1 Å². The molecule has 0 atom stereocenters. The maximum absolute atomic E-state index is 14.6. The Balaban J connectivity index is 1.78. The fourth-order valence-corrected chi connectivity index (χ4v) is 2.75. The van der Waals surface area contributed by atoms with Crippen LogP contribution in [0.25, 0.3) is 22.5 Å². The van der Waals surface area contributed by atoms with Crippen LogP contribution >= 0.6 is 11.6 Å². The van der Waals surface area contributed by atoms with Gasteiger partial charge in [-0.2, -0.15) is 18.0 Å². The summed E-state index contributed by atoms with van der Waals surface area (Å²) in [5.41, 5.74) is 2.41. The van der Waals surface area contributed by atoms with Gasteiger partial charge in [0.2, 0.25) is 5.82 Å². The number of carbonyl (C=O) groups is 2. The molecule has 10 nitrogen and oxygen atoms in total. The number of benzene rings is 1. The van der Waals surface area contributed by atoms with Crippen molar-refractivity contribution in [3.8, 4) is 22.5 Å². The van der Waals surface area contributed by atoms with E-state index in [0.29, 0.717) is 0 Å². The van der Waals surface area contributed by atoms with E-state index in [-0.39, 0.29) is 33.2 Å². The van der Waals surface area contributed by atoms with Crippen molar-refractivity contribution in [2.75, 3.05) is 0 Å². The number of pyridine rings is 1. The van der Waals surface area contributed by atoms with Crippen molar-refractivity contribution >= 4 is 23.5 Å². The van der Waals surface area contributed by atoms with E-state index < -0.39 is 36.3 Å². The monoisotopic (exact) mass is 490 g/mol. The highest BCUT2D eigenvalue weighted by atomic mass is 35.5. The van der Waals surface area contributed by atoms with Crippen LogP contribution in [0.3, 0.4) is 0 Å². The van der Waals surface area contributed by atoms with Crippen LogP contribution in [-0.2, 0) is 18.4 Å². The van der Waals surface area contributed by atoms with E-state index in [2.05, 4.69) is 20.4 Å². The quantitative estimate of drug-likeness (QED) is 0.380. The van der Waals surface area contributed by atoms with E-state index in [4.69, 9.17) is 11.6 Å². The van der Waals surface area contributed by atoms with Crippen LogP contribution in [0.1, 0.15) is 5.69 Å². The number of hydrogen-bond acceptors (Lipinski definition) is 6. The van der Waals surface area contributed by atoms with E-state index in [1.165, 1.54) is 18.5 Å². The van der Waals surface area contributed by atoms with Gasteiger partial charge in [0.15, 0.2) is 0 Å². The van der Waals surface area contributed by atoms with Gasteiger partial charge in [0.25, 0.3) is 0 Å². The normalized spacial score (nSPS) is 11.2. The summed E-state index contributed by atoms with van der Waals surface area (Å²) in [6.45, 7) is -0.539. The molecule has 3 N–H and O–H groups in total. The van der Waals surface area contributed by atoms with Gasteiger partial charge in [0, 0.05) is 16.8 Å². The van der Waals surface area contributed by atoms with Crippen LogP contribution in [0.4, 0.5) is 26.7 Å². The Kier molecular flexibility index (Phi) is 6.71. The summed E-state index contributed by atoms with van der Waals surface area (Å²) < 4.78 is 65.4. The zero-order chi connectivity index (χ0) is 24.3. The molecular formula is C17H12ClF5N8O2. The molecule has 0 aliphatic rings. The largest absolute Gasteiger partial charge is 0.472 e. The Morgan fingerprint density at radius 3 is 2.45 bits per heavy atom. The molecule has 0 aliphatic carbocycles. The summed E-state index contributed by atoms with van der Waals surface area (Å²) in [7, 11) is 1.47. The number of rotatable bonds is 4. The third kappa shape index (κ3) is 5.68. The number of nitrogens with zero attached hydrogens (tertiary/aromatic N) is 5. The third-order valence-electron chi connectivity index (χ3n) is 3.98. The molecule has 3 rings (SSSR count). The summed E-state index contributed by atoms with van der Waals surface area (Å²) in [6.07, 6.45) is -4.04. The first kappa shape index (κ1) is 23.8. The molecule has 0 saturated heterocycles. The number of hydrogen-bond donors (Lipinski definition) is 3. The molecule has 0 saturated carbocycles. The number of alkyl halides is 3. The lowest BCUT2D eigenvalue weighted by atomic mass is 9.99. The first-order valence-corrected chi connectivity index (χ1v) is 9.12. The Morgan fingerprint density at radius 1 is 1.12 bits per heavy atom. The number of tetrazole rings is 1. The predicted octanol–water partition coefficient (Wildman–Crippen LogP) is 2.26. The maximum atomic E-state index is 14.6. The molecule has 2 aromatic heterocycles. The van der Waals surface area contributed by atoms with Gasteiger partial charge in [-0.25, -0.2) is 19.0 Å². The van der Waals surface area contributed by atoms with E-state index >= 15 is 0 Å². The lowest BCUT2D eigenvalue weighted by Gasteiger charge is -2.12. The SMILES string of the molecule is Cn1nnc(-c2c(F)cc(Cl)cc2-c2cnc(CNC(=O)NNC(=O)C(F)(F)F)c(F)c2)n1. The van der Waals surface area contributed by atoms with Crippen molar-refractivity contribution < 1.29 is 31.5 Å². The fourth-order valence-electron chi connectivity index (χ4n) is 2.55. The van der Waals surface area contributed by atoms with Crippen molar-refractivity contribution in [1.29, 1.82) is 0 Å². The van der Waals surface area contributed by atoms with Gasteiger partial charge in [0.05, 0.1) is 24.8 Å². The number of aryl methyl sites for hydroxylation is 1. The summed E-state index contributed by atoms with van der Waals surface area (Å²) >= 11 is 5.93. The smallest absolute Gasteiger partial charge is 0.331 e. The Hall–Kier alpha value is -3.88. The number of nitrogens with one attached hydrogen (secondary N) is 3. The number of urea groups is 1. The minimum atomic E-state index is -5.20. The molecule has 0 radical (unpaired) electrons. The van der Waals surface area contributed by atoms with E-state index in [1.807, 2.05) is 5.32 Å². The van der Waals surface area contributed by atoms with Crippen LogP contribution in [0, 0.1) is 11.6 Å². The van der Waals surface area contributed by atoms with Crippen molar-refractivity contribution in [1.82, 2.24) is 41.4 Å². The highest BCUT2D eigenvalue weighted by molar-refractivity contribution is 6.31. The molecule has 0 bridgehead atoms. The number of halogens is 6. The van der Waals surface area contributed by atoms with Crippen LogP contribution in [0.2, 0.25) is 5.02 Å². The second-order valence-electron chi connectivity index (χ2n) is 6.32. The molecular weight excluding hydrogens is 479 g/mol. The van der Waals surface area contributed by atoms with Crippen molar-refractivity contribution in [2.45, 2.75) is 12.7 Å². The molecule has 0 fully saturated rings. The second-order valence-corrected chi connectivity index (χ2v) is 6.76. The van der Waals surface area contributed by atoms with Crippen LogP contribution in [0.5, 0.6) is 0 Å². The minimum Gasteiger partial charge on any atom is -0.331 e. The highest BCUT2D eigenvalue weighted by Gasteiger charge is 2.38. The minimum absolute atomic E-state index is 0.0128. The van der Waals surface area contributed by atoms with Gasteiger partial charge in [-0.3, -0.25) is 15.2 Å². The molecule has 33 heavy (non-hydrogen) atoms. The topological polar surface area (TPSA) is 127 Å². The lowest BCUT2D eigenvalue weighted by Crippen LogP contribution is -2.51. The van der Waals surface area contributed by atoms with Gasteiger partial charge in [-0.15, -0.1) is 10.2 Å². The molecule has 1 aromatic carbocycles. The van der Waals surface area contributed by atoms with Crippen LogP contribution in [-0.4, -0.2) is 43.3 Å². The molecule has 3 aromatic rings. The Labute approximate surface area is 186 Å². The number of carbonyl (C=O) groups excluding carboxylic acids is 2. The fraction of sp³-hybridized carbons (Fsp3) is 0.176. The third-order valence-corrected chi connectivity index (χ3v) is 4.20. The maximum Gasteiger partial charge on any atom is 0.472 e. The summed E-state index contributed by atoms with van der Waals surface area (Å²) in [5.74, 6) is -4.18. The van der Waals surface area contributed by atoms with Crippen molar-refractivity contribution in [2.24, 2.45) is 7.05 Å². The summed E-state index contributed by atoms with van der Waals surface area (Å²) in [4.78, 5) is 27.1. The van der Waals surface area contributed by atoms with Crippen LogP contribution < -0.4 is 16.2 Å². The number of aromatic nitrogens is 5. The first-order chi connectivity index (χ1) is 15.5. The molecule has 0 aliphatic heterocycles. The second kappa shape index (κ2) is 9.32. The van der Waals surface area contributed by atoms with Gasteiger partial charge < -0.3 is 5.32 Å². The van der Waals surface area contributed by atoms with Gasteiger partial charge in [-0.05, 0) is 29.0 Å². The lowest BCUT2D eigenvalue weighted by molar-refractivity contribution is -0.174. The average molecular weight is 491 g/mol. The zero-order valence-corrected chi connectivity index (χ0v) is 17.1. The number of amides is 3. The molecule has 174 valence electrons. The predicted molar refractivity (Wildman–Crippen MR) is 102 cm³/mol.